The molecule has 0 saturated heterocycles. The summed E-state index contributed by atoms with van der Waals surface area (Å²) in [6.07, 6.45) is 0.155. The largest absolute Gasteiger partial charge is 0.496 e. The Bertz CT molecular complexity index is 471. The highest BCUT2D eigenvalue weighted by Gasteiger charge is 2.11. The number of aliphatic carboxylic acids is 1. The van der Waals surface area contributed by atoms with Crippen molar-refractivity contribution in [3.63, 3.8) is 0 Å². The van der Waals surface area contributed by atoms with Gasteiger partial charge in [-0.1, -0.05) is 12.1 Å². The molecule has 1 unspecified atom stereocenters. The number of benzene rings is 1. The van der Waals surface area contributed by atoms with Gasteiger partial charge in [0.15, 0.2) is 0 Å². The van der Waals surface area contributed by atoms with Crippen molar-refractivity contribution in [2.45, 2.75) is 32.7 Å². The van der Waals surface area contributed by atoms with E-state index in [-0.39, 0.29) is 24.8 Å². The maximum atomic E-state index is 11.7. The fourth-order valence-corrected chi connectivity index (χ4v) is 1.87. The molecule has 104 valence electrons. The summed E-state index contributed by atoms with van der Waals surface area (Å²) in [4.78, 5) is 22.2. The number of amides is 1. The van der Waals surface area contributed by atoms with E-state index in [0.29, 0.717) is 0 Å². The van der Waals surface area contributed by atoms with Gasteiger partial charge in [-0.15, -0.1) is 0 Å². The Morgan fingerprint density at radius 2 is 2.11 bits per heavy atom. The van der Waals surface area contributed by atoms with Gasteiger partial charge in [-0.3, -0.25) is 9.59 Å². The van der Waals surface area contributed by atoms with Crippen molar-refractivity contribution < 1.29 is 19.4 Å². The van der Waals surface area contributed by atoms with Crippen LogP contribution in [0, 0.1) is 6.92 Å². The number of aryl methyl sites for hydroxylation is 1. The standard InChI is InChI=1S/C14H19NO4/c1-9-6-11(4-5-12(9)19-3)8-13(16)15-10(2)7-14(17)18/h4-6,10H,7-8H2,1-3H3,(H,15,16)(H,17,18). The van der Waals surface area contributed by atoms with Crippen LogP contribution in [0.3, 0.4) is 0 Å². The number of nitrogens with one attached hydrogen (secondary N) is 1. The van der Waals surface area contributed by atoms with Crippen molar-refractivity contribution >= 4 is 11.9 Å². The molecule has 0 aliphatic carbocycles. The number of rotatable bonds is 6. The summed E-state index contributed by atoms with van der Waals surface area (Å²) in [7, 11) is 1.60. The minimum atomic E-state index is -0.923. The molecule has 19 heavy (non-hydrogen) atoms. The highest BCUT2D eigenvalue weighted by atomic mass is 16.5. The Morgan fingerprint density at radius 3 is 2.63 bits per heavy atom. The van der Waals surface area contributed by atoms with Gasteiger partial charge in [0.25, 0.3) is 0 Å². The zero-order chi connectivity index (χ0) is 14.4. The van der Waals surface area contributed by atoms with E-state index in [1.54, 1.807) is 14.0 Å². The van der Waals surface area contributed by atoms with Crippen LogP contribution in [0.5, 0.6) is 5.75 Å². The van der Waals surface area contributed by atoms with E-state index in [9.17, 15) is 9.59 Å². The lowest BCUT2D eigenvalue weighted by molar-refractivity contribution is -0.137. The zero-order valence-electron chi connectivity index (χ0n) is 11.4. The van der Waals surface area contributed by atoms with Crippen molar-refractivity contribution in [2.75, 3.05) is 7.11 Å². The number of hydrogen-bond donors (Lipinski definition) is 2. The third-order valence-electron chi connectivity index (χ3n) is 2.71. The molecule has 0 aromatic heterocycles. The molecule has 0 aliphatic rings. The minimum absolute atomic E-state index is 0.0760. The van der Waals surface area contributed by atoms with Gasteiger partial charge in [0, 0.05) is 6.04 Å². The summed E-state index contributed by atoms with van der Waals surface area (Å²) in [5, 5.41) is 11.3. The molecule has 0 bridgehead atoms. The van der Waals surface area contributed by atoms with E-state index >= 15 is 0 Å². The van der Waals surface area contributed by atoms with Crippen LogP contribution in [0.2, 0.25) is 0 Å². The number of hydrogen-bond acceptors (Lipinski definition) is 3. The van der Waals surface area contributed by atoms with E-state index in [2.05, 4.69) is 5.32 Å². The summed E-state index contributed by atoms with van der Waals surface area (Å²) in [5.74, 6) is -0.324. The Kier molecular flexibility index (Phi) is 5.36. The molecule has 0 heterocycles. The molecule has 0 fully saturated rings. The summed E-state index contributed by atoms with van der Waals surface area (Å²) in [6, 6.07) is 5.16. The zero-order valence-corrected chi connectivity index (χ0v) is 11.4. The summed E-state index contributed by atoms with van der Waals surface area (Å²) < 4.78 is 5.15. The van der Waals surface area contributed by atoms with Gasteiger partial charge in [0.2, 0.25) is 5.91 Å². The second kappa shape index (κ2) is 6.78. The minimum Gasteiger partial charge on any atom is -0.496 e. The molecule has 1 amide bonds. The van der Waals surface area contributed by atoms with E-state index in [1.807, 2.05) is 25.1 Å². The molecular formula is C14H19NO4. The van der Waals surface area contributed by atoms with Crippen LogP contribution in [0.15, 0.2) is 18.2 Å². The first-order valence-electron chi connectivity index (χ1n) is 6.07. The predicted molar refractivity (Wildman–Crippen MR) is 71.3 cm³/mol. The Labute approximate surface area is 112 Å². The van der Waals surface area contributed by atoms with Crippen LogP contribution in [0.1, 0.15) is 24.5 Å². The van der Waals surface area contributed by atoms with Gasteiger partial charge in [0.05, 0.1) is 20.0 Å². The molecule has 5 heteroatoms. The molecule has 1 aromatic carbocycles. The number of ether oxygens (including phenoxy) is 1. The van der Waals surface area contributed by atoms with Crippen LogP contribution in [0.25, 0.3) is 0 Å². The van der Waals surface area contributed by atoms with E-state index in [4.69, 9.17) is 9.84 Å². The lowest BCUT2D eigenvalue weighted by Crippen LogP contribution is -2.35. The molecule has 0 saturated carbocycles. The van der Waals surface area contributed by atoms with Crippen LogP contribution in [0.4, 0.5) is 0 Å². The van der Waals surface area contributed by atoms with Crippen LogP contribution >= 0.6 is 0 Å². The fourth-order valence-electron chi connectivity index (χ4n) is 1.87. The third kappa shape index (κ3) is 4.99. The van der Waals surface area contributed by atoms with Crippen molar-refractivity contribution in [2.24, 2.45) is 0 Å². The van der Waals surface area contributed by atoms with Gasteiger partial charge >= 0.3 is 5.97 Å². The predicted octanol–water partition coefficient (Wildman–Crippen LogP) is 1.53. The number of carbonyl (C=O) groups excluding carboxylic acids is 1. The Hall–Kier alpha value is -2.04. The first-order valence-corrected chi connectivity index (χ1v) is 6.07. The molecule has 1 rings (SSSR count). The Balaban J connectivity index is 2.57. The first kappa shape index (κ1) is 15.0. The number of methoxy groups -OCH3 is 1. The summed E-state index contributed by atoms with van der Waals surface area (Å²) in [5.41, 5.74) is 1.84. The van der Waals surface area contributed by atoms with Crippen LogP contribution < -0.4 is 10.1 Å². The number of carboxylic acid groups (broad SMARTS) is 1. The van der Waals surface area contributed by atoms with Gasteiger partial charge in [-0.05, 0) is 31.0 Å². The monoisotopic (exact) mass is 265 g/mol. The number of carboxylic acids is 1. The van der Waals surface area contributed by atoms with Gasteiger partial charge in [-0.2, -0.15) is 0 Å². The van der Waals surface area contributed by atoms with E-state index < -0.39 is 5.97 Å². The molecule has 0 aliphatic heterocycles. The lowest BCUT2D eigenvalue weighted by atomic mass is 10.1. The molecule has 1 aromatic rings. The van der Waals surface area contributed by atoms with Gasteiger partial charge in [-0.25, -0.2) is 0 Å². The molecule has 0 spiro atoms. The summed E-state index contributed by atoms with van der Waals surface area (Å²) >= 11 is 0. The quantitative estimate of drug-likeness (QED) is 0.817. The van der Waals surface area contributed by atoms with Crippen molar-refractivity contribution in [1.82, 2.24) is 5.32 Å². The average molecular weight is 265 g/mol. The van der Waals surface area contributed by atoms with Crippen molar-refractivity contribution in [1.29, 1.82) is 0 Å². The topological polar surface area (TPSA) is 75.6 Å². The smallest absolute Gasteiger partial charge is 0.305 e. The maximum absolute atomic E-state index is 11.7. The summed E-state index contributed by atoms with van der Waals surface area (Å²) in [6.45, 7) is 3.58. The van der Waals surface area contributed by atoms with Crippen LogP contribution in [-0.2, 0) is 16.0 Å². The highest BCUT2D eigenvalue weighted by Crippen LogP contribution is 2.18. The molecule has 5 nitrogen and oxygen atoms in total. The maximum Gasteiger partial charge on any atom is 0.305 e. The second-order valence-corrected chi connectivity index (χ2v) is 4.55. The normalized spacial score (nSPS) is 11.7. The lowest BCUT2D eigenvalue weighted by Gasteiger charge is -2.12. The molecule has 1 atom stereocenters. The van der Waals surface area contributed by atoms with E-state index in [0.717, 1.165) is 16.9 Å². The molecular weight excluding hydrogens is 246 g/mol. The van der Waals surface area contributed by atoms with Crippen LogP contribution in [-0.4, -0.2) is 30.1 Å². The fraction of sp³-hybridized carbons (Fsp3) is 0.429. The van der Waals surface area contributed by atoms with Gasteiger partial charge in [0.1, 0.15) is 5.75 Å². The third-order valence-corrected chi connectivity index (χ3v) is 2.71. The average Bonchev–Trinajstić information content (AvgIpc) is 2.27. The van der Waals surface area contributed by atoms with Gasteiger partial charge < -0.3 is 15.2 Å². The SMILES string of the molecule is COc1ccc(CC(=O)NC(C)CC(=O)O)cc1C. The van der Waals surface area contributed by atoms with E-state index in [1.165, 1.54) is 0 Å². The highest BCUT2D eigenvalue weighted by molar-refractivity contribution is 5.79. The van der Waals surface area contributed by atoms with Crippen molar-refractivity contribution in [3.05, 3.63) is 29.3 Å². The Morgan fingerprint density at radius 1 is 1.42 bits per heavy atom. The molecule has 0 radical (unpaired) electrons. The van der Waals surface area contributed by atoms with Crippen molar-refractivity contribution in [3.8, 4) is 5.75 Å². The first-order chi connectivity index (χ1) is 8.92. The second-order valence-electron chi connectivity index (χ2n) is 4.55. The number of carbonyl (C=O) groups is 2. The molecule has 2 N–H and O–H groups in total.